The minimum absolute atomic E-state index is 0.152. The summed E-state index contributed by atoms with van der Waals surface area (Å²) in [4.78, 5) is 22.3. The molecule has 1 N–H and O–H groups in total. The summed E-state index contributed by atoms with van der Waals surface area (Å²) < 4.78 is 1.97. The second kappa shape index (κ2) is 6.69. The number of aryl methyl sites for hydroxylation is 1. The number of amides is 1. The lowest BCUT2D eigenvalue weighted by atomic mass is 10.2. The van der Waals surface area contributed by atoms with Crippen LogP contribution in [0.3, 0.4) is 0 Å². The summed E-state index contributed by atoms with van der Waals surface area (Å²) in [7, 11) is 3.89. The number of hydrogen-bond acceptors (Lipinski definition) is 4. The Balaban J connectivity index is 2.02. The Morgan fingerprint density at radius 3 is 2.86 bits per heavy atom. The molecule has 0 aliphatic carbocycles. The van der Waals surface area contributed by atoms with Crippen LogP contribution in [0.25, 0.3) is 0 Å². The summed E-state index contributed by atoms with van der Waals surface area (Å²) in [5.41, 5.74) is 0.533. The molecule has 0 saturated heterocycles. The van der Waals surface area contributed by atoms with Crippen LogP contribution in [-0.2, 0) is 13.6 Å². The van der Waals surface area contributed by atoms with Crippen molar-refractivity contribution in [1.29, 1.82) is 0 Å². The first kappa shape index (κ1) is 14.8. The van der Waals surface area contributed by atoms with Crippen LogP contribution in [0.4, 0.5) is 5.82 Å². The molecule has 2 aromatic heterocycles. The average Bonchev–Trinajstić information content (AvgIpc) is 2.90. The molecule has 0 aliphatic heterocycles. The van der Waals surface area contributed by atoms with E-state index in [4.69, 9.17) is 0 Å². The van der Waals surface area contributed by atoms with Crippen LogP contribution in [0.5, 0.6) is 0 Å². The van der Waals surface area contributed by atoms with Gasteiger partial charge in [0.25, 0.3) is 5.91 Å². The maximum atomic E-state index is 11.8. The number of nitrogens with one attached hydrogen (secondary N) is 1. The summed E-state index contributed by atoms with van der Waals surface area (Å²) >= 11 is 0. The van der Waals surface area contributed by atoms with Crippen molar-refractivity contribution in [3.05, 3.63) is 54.8 Å². The Hall–Kier alpha value is -2.63. The molecule has 6 heteroatoms. The number of carbonyl (C=O) groups is 1. The van der Waals surface area contributed by atoms with Crippen LogP contribution in [0.15, 0.2) is 43.4 Å². The van der Waals surface area contributed by atoms with Crippen molar-refractivity contribution in [2.45, 2.75) is 6.54 Å². The van der Waals surface area contributed by atoms with E-state index in [2.05, 4.69) is 21.9 Å². The zero-order valence-corrected chi connectivity index (χ0v) is 12.3. The van der Waals surface area contributed by atoms with Gasteiger partial charge in [-0.15, -0.1) is 6.58 Å². The van der Waals surface area contributed by atoms with Crippen LogP contribution in [0.2, 0.25) is 0 Å². The highest BCUT2D eigenvalue weighted by Crippen LogP contribution is 2.12. The van der Waals surface area contributed by atoms with E-state index in [1.54, 1.807) is 24.5 Å². The maximum absolute atomic E-state index is 11.8. The minimum Gasteiger partial charge on any atom is -0.352 e. The number of pyridine rings is 1. The van der Waals surface area contributed by atoms with Gasteiger partial charge in [-0.1, -0.05) is 6.08 Å². The highest BCUT2D eigenvalue weighted by atomic mass is 16.1. The number of aromatic nitrogens is 3. The van der Waals surface area contributed by atoms with Gasteiger partial charge >= 0.3 is 0 Å². The number of carbonyl (C=O) groups excluding carboxylic acids is 1. The Labute approximate surface area is 124 Å². The molecule has 0 aliphatic rings. The van der Waals surface area contributed by atoms with Gasteiger partial charge in [-0.2, -0.15) is 0 Å². The zero-order chi connectivity index (χ0) is 15.2. The van der Waals surface area contributed by atoms with Crippen molar-refractivity contribution >= 4 is 11.7 Å². The molecule has 0 aromatic carbocycles. The predicted octanol–water partition coefficient (Wildman–Crippen LogP) is 1.37. The molecule has 2 heterocycles. The maximum Gasteiger partial charge on any atom is 0.253 e. The molecule has 0 atom stereocenters. The minimum atomic E-state index is -0.152. The smallest absolute Gasteiger partial charge is 0.253 e. The molecule has 110 valence electrons. The van der Waals surface area contributed by atoms with E-state index < -0.39 is 0 Å². The Morgan fingerprint density at radius 2 is 2.29 bits per heavy atom. The van der Waals surface area contributed by atoms with Crippen molar-refractivity contribution in [2.75, 3.05) is 18.5 Å². The van der Waals surface area contributed by atoms with Crippen molar-refractivity contribution in [3.8, 4) is 0 Å². The number of nitrogens with zero attached hydrogens (tertiary/aromatic N) is 4. The first-order valence-corrected chi connectivity index (χ1v) is 6.64. The lowest BCUT2D eigenvalue weighted by molar-refractivity contribution is 0.0957. The first-order valence-electron chi connectivity index (χ1n) is 6.64. The van der Waals surface area contributed by atoms with Gasteiger partial charge in [-0.3, -0.25) is 4.79 Å². The second-order valence-electron chi connectivity index (χ2n) is 4.71. The van der Waals surface area contributed by atoms with Crippen molar-refractivity contribution in [3.63, 3.8) is 0 Å². The number of anilines is 1. The van der Waals surface area contributed by atoms with E-state index in [1.807, 2.05) is 35.8 Å². The molecular formula is C15H19N5O. The average molecular weight is 285 g/mol. The van der Waals surface area contributed by atoms with Gasteiger partial charge in [0.2, 0.25) is 0 Å². The van der Waals surface area contributed by atoms with Crippen LogP contribution in [0.1, 0.15) is 16.2 Å². The van der Waals surface area contributed by atoms with Crippen LogP contribution < -0.4 is 10.2 Å². The van der Waals surface area contributed by atoms with Gasteiger partial charge in [0.15, 0.2) is 0 Å². The molecule has 2 rings (SSSR count). The van der Waals surface area contributed by atoms with Crippen molar-refractivity contribution in [1.82, 2.24) is 19.9 Å². The molecule has 1 amide bonds. The van der Waals surface area contributed by atoms with Crippen LogP contribution in [-0.4, -0.2) is 34.0 Å². The zero-order valence-electron chi connectivity index (χ0n) is 12.3. The van der Waals surface area contributed by atoms with E-state index in [1.165, 1.54) is 0 Å². The monoisotopic (exact) mass is 285 g/mol. The van der Waals surface area contributed by atoms with Gasteiger partial charge < -0.3 is 14.8 Å². The number of hydrogen-bond donors (Lipinski definition) is 1. The Morgan fingerprint density at radius 1 is 1.48 bits per heavy atom. The summed E-state index contributed by atoms with van der Waals surface area (Å²) in [6.45, 7) is 4.66. The Bertz CT molecular complexity index is 617. The summed E-state index contributed by atoms with van der Waals surface area (Å²) in [5.74, 6) is 1.59. The molecule has 0 spiro atoms. The molecule has 6 nitrogen and oxygen atoms in total. The standard InChI is InChI=1S/C15H19N5O/c1-4-7-17-15(21)12-5-6-13(18-10-12)20(3)11-14-16-8-9-19(14)2/h4-6,8-10H,1,7,11H2,2-3H3,(H,17,21). The second-order valence-corrected chi connectivity index (χ2v) is 4.71. The van der Waals surface area contributed by atoms with E-state index in [0.717, 1.165) is 11.6 Å². The lowest BCUT2D eigenvalue weighted by Gasteiger charge is -2.17. The highest BCUT2D eigenvalue weighted by Gasteiger charge is 2.09. The molecule has 0 bridgehead atoms. The molecule has 0 unspecified atom stereocenters. The molecule has 0 radical (unpaired) electrons. The van der Waals surface area contributed by atoms with E-state index in [-0.39, 0.29) is 5.91 Å². The molecule has 21 heavy (non-hydrogen) atoms. The number of rotatable bonds is 6. The fraction of sp³-hybridized carbons (Fsp3) is 0.267. The number of imidazole rings is 1. The third kappa shape index (κ3) is 3.68. The van der Waals surface area contributed by atoms with Crippen LogP contribution in [0, 0.1) is 0 Å². The summed E-state index contributed by atoms with van der Waals surface area (Å²) in [5, 5.41) is 2.72. The largest absolute Gasteiger partial charge is 0.352 e. The van der Waals surface area contributed by atoms with Crippen LogP contribution >= 0.6 is 0 Å². The van der Waals surface area contributed by atoms with Gasteiger partial charge in [0, 0.05) is 39.2 Å². The van der Waals surface area contributed by atoms with E-state index in [0.29, 0.717) is 18.7 Å². The molecule has 0 saturated carbocycles. The lowest BCUT2D eigenvalue weighted by Crippen LogP contribution is -2.24. The summed E-state index contributed by atoms with van der Waals surface area (Å²) in [6, 6.07) is 3.58. The molecular weight excluding hydrogens is 266 g/mol. The topological polar surface area (TPSA) is 63.1 Å². The van der Waals surface area contributed by atoms with Gasteiger partial charge in [-0.25, -0.2) is 9.97 Å². The normalized spacial score (nSPS) is 10.2. The SMILES string of the molecule is C=CCNC(=O)c1ccc(N(C)Cc2nccn2C)nc1. The quantitative estimate of drug-likeness (QED) is 0.814. The van der Waals surface area contributed by atoms with E-state index in [9.17, 15) is 4.79 Å². The fourth-order valence-corrected chi connectivity index (χ4v) is 1.86. The van der Waals surface area contributed by atoms with Crippen molar-refractivity contribution in [2.24, 2.45) is 7.05 Å². The van der Waals surface area contributed by atoms with Crippen molar-refractivity contribution < 1.29 is 4.79 Å². The van der Waals surface area contributed by atoms with Gasteiger partial charge in [0.1, 0.15) is 11.6 Å². The Kier molecular flexibility index (Phi) is 4.71. The third-order valence-corrected chi connectivity index (χ3v) is 3.11. The molecule has 2 aromatic rings. The highest BCUT2D eigenvalue weighted by molar-refractivity contribution is 5.94. The van der Waals surface area contributed by atoms with Gasteiger partial charge in [0.05, 0.1) is 12.1 Å². The summed E-state index contributed by atoms with van der Waals surface area (Å²) in [6.07, 6.45) is 6.89. The third-order valence-electron chi connectivity index (χ3n) is 3.11. The first-order chi connectivity index (χ1) is 10.1. The molecule has 0 fully saturated rings. The van der Waals surface area contributed by atoms with Gasteiger partial charge in [-0.05, 0) is 12.1 Å². The van der Waals surface area contributed by atoms with E-state index >= 15 is 0 Å². The fourth-order valence-electron chi connectivity index (χ4n) is 1.86. The predicted molar refractivity (Wildman–Crippen MR) is 82.1 cm³/mol.